The quantitative estimate of drug-likeness (QED) is 0.127. The maximum absolute atomic E-state index is 11.0. The van der Waals surface area contributed by atoms with E-state index in [9.17, 15) is 5.11 Å². The molecule has 0 aliphatic rings. The molecule has 0 saturated carbocycles. The summed E-state index contributed by atoms with van der Waals surface area (Å²) in [7, 11) is 3.29. The van der Waals surface area contributed by atoms with Crippen LogP contribution in [0.2, 0.25) is 0 Å². The molecule has 0 unspecified atom stereocenters. The Morgan fingerprint density at radius 2 is 1.05 bits per heavy atom. The first-order chi connectivity index (χ1) is 21.6. The van der Waals surface area contributed by atoms with Crippen LogP contribution in [0.15, 0.2) is 133 Å². The molecule has 0 aliphatic carbocycles. The van der Waals surface area contributed by atoms with E-state index in [0.29, 0.717) is 6.61 Å². The van der Waals surface area contributed by atoms with Gasteiger partial charge < -0.3 is 24.1 Å². The van der Waals surface area contributed by atoms with Gasteiger partial charge in [-0.1, -0.05) is 96.8 Å². The second-order valence-electron chi connectivity index (χ2n) is 10.3. The lowest BCUT2D eigenvalue weighted by atomic mass is 9.80. The van der Waals surface area contributed by atoms with E-state index < -0.39 is 11.7 Å². The lowest BCUT2D eigenvalue weighted by Crippen LogP contribution is -2.36. The van der Waals surface area contributed by atoms with Gasteiger partial charge in [0.15, 0.2) is 0 Å². The van der Waals surface area contributed by atoms with Crippen LogP contribution in [0, 0.1) is 11.8 Å². The third kappa shape index (κ3) is 7.55. The van der Waals surface area contributed by atoms with E-state index in [1.54, 1.807) is 14.2 Å². The fraction of sp³-hybridized carbons (Fsp3) is 0.179. The highest BCUT2D eigenvalue weighted by Crippen LogP contribution is 2.41. The molecule has 5 rings (SSSR count). The highest BCUT2D eigenvalue weighted by atomic mass is 16.5. The largest absolute Gasteiger partial charge is 0.497 e. The lowest BCUT2D eigenvalue weighted by molar-refractivity contribution is -0.0662. The zero-order chi connectivity index (χ0) is 30.6. The molecule has 0 heterocycles. The Labute approximate surface area is 259 Å². The van der Waals surface area contributed by atoms with Crippen molar-refractivity contribution in [3.8, 4) is 23.3 Å². The zero-order valence-electron chi connectivity index (χ0n) is 25.0. The van der Waals surface area contributed by atoms with Gasteiger partial charge in [0, 0.05) is 11.1 Å². The lowest BCUT2D eigenvalue weighted by Gasteiger charge is -2.36. The first-order valence-electron chi connectivity index (χ1n) is 14.5. The van der Waals surface area contributed by atoms with E-state index in [2.05, 4.69) is 11.8 Å². The van der Waals surface area contributed by atoms with Crippen molar-refractivity contribution in [2.75, 3.05) is 27.4 Å². The number of methoxy groups -OCH3 is 2. The minimum absolute atomic E-state index is 0.0426. The van der Waals surface area contributed by atoms with Gasteiger partial charge in [0.1, 0.15) is 23.2 Å². The molecular weight excluding hydrogens is 548 g/mol. The van der Waals surface area contributed by atoms with Crippen molar-refractivity contribution in [3.05, 3.63) is 167 Å². The van der Waals surface area contributed by atoms with Gasteiger partial charge in [0.05, 0.1) is 34.0 Å². The molecule has 0 aromatic heterocycles. The van der Waals surface area contributed by atoms with Crippen molar-refractivity contribution in [2.24, 2.45) is 0 Å². The second-order valence-corrected chi connectivity index (χ2v) is 10.3. The predicted molar refractivity (Wildman–Crippen MR) is 173 cm³/mol. The van der Waals surface area contributed by atoms with E-state index in [0.717, 1.165) is 44.9 Å². The summed E-state index contributed by atoms with van der Waals surface area (Å²) in [5.41, 5.74) is 4.64. The molecule has 0 spiro atoms. The van der Waals surface area contributed by atoms with Gasteiger partial charge in [-0.25, -0.2) is 0 Å². The monoisotopic (exact) mass is 584 g/mol. The normalized spacial score (nSPS) is 11.7. The van der Waals surface area contributed by atoms with Crippen LogP contribution < -0.4 is 9.47 Å². The first-order valence-corrected chi connectivity index (χ1v) is 14.5. The average molecular weight is 585 g/mol. The van der Waals surface area contributed by atoms with Crippen LogP contribution >= 0.6 is 0 Å². The molecule has 0 bridgehead atoms. The first kappa shape index (κ1) is 30.6. The Morgan fingerprint density at radius 1 is 0.568 bits per heavy atom. The van der Waals surface area contributed by atoms with Gasteiger partial charge in [-0.3, -0.25) is 0 Å². The number of hydrogen-bond acceptors (Lipinski definition) is 5. The van der Waals surface area contributed by atoms with Crippen molar-refractivity contribution in [3.63, 3.8) is 0 Å². The van der Waals surface area contributed by atoms with Crippen LogP contribution in [-0.2, 0) is 21.7 Å². The summed E-state index contributed by atoms with van der Waals surface area (Å²) in [5.74, 6) is 7.85. The standard InChI is InChI=1S/C39H36O5/c1-41-37-23-19-34(20-24-37)39(33-11-7-4-8-12-33,35-21-25-38(42-2)26-22-35)44-29-36(40)28-43-27-32-17-15-31(16-18-32)14-13-30-9-5-3-6-10-30/h3-12,15-26,36,40H,27-29H2,1-2H3/t36-/m0/s1. The van der Waals surface area contributed by atoms with Crippen molar-refractivity contribution < 1.29 is 24.1 Å². The molecule has 0 amide bonds. The molecule has 5 aromatic carbocycles. The van der Waals surface area contributed by atoms with Gasteiger partial charge in [0.2, 0.25) is 0 Å². The summed E-state index contributed by atoms with van der Waals surface area (Å²) in [6.07, 6.45) is -0.856. The van der Waals surface area contributed by atoms with E-state index in [1.165, 1.54) is 0 Å². The maximum Gasteiger partial charge on any atom is 0.143 e. The minimum atomic E-state index is -1.00. The molecule has 1 N–H and O–H groups in total. The fourth-order valence-electron chi connectivity index (χ4n) is 5.01. The molecule has 44 heavy (non-hydrogen) atoms. The van der Waals surface area contributed by atoms with Crippen molar-refractivity contribution in [1.29, 1.82) is 0 Å². The molecule has 0 fully saturated rings. The highest BCUT2D eigenvalue weighted by Gasteiger charge is 2.38. The number of aliphatic hydroxyl groups is 1. The number of benzene rings is 5. The van der Waals surface area contributed by atoms with Crippen molar-refractivity contribution >= 4 is 0 Å². The Kier molecular flexibility index (Phi) is 10.5. The number of aliphatic hydroxyl groups excluding tert-OH is 1. The Morgan fingerprint density at radius 3 is 1.57 bits per heavy atom. The van der Waals surface area contributed by atoms with E-state index in [-0.39, 0.29) is 13.2 Å². The molecule has 5 nitrogen and oxygen atoms in total. The summed E-state index contributed by atoms with van der Waals surface area (Å²) >= 11 is 0. The highest BCUT2D eigenvalue weighted by molar-refractivity contribution is 5.50. The molecule has 5 aromatic rings. The number of rotatable bonds is 12. The molecule has 5 heteroatoms. The molecule has 1 atom stereocenters. The average Bonchev–Trinajstić information content (AvgIpc) is 3.09. The molecule has 0 radical (unpaired) electrons. The van der Waals surface area contributed by atoms with Crippen LogP contribution in [0.3, 0.4) is 0 Å². The summed E-state index contributed by atoms with van der Waals surface area (Å²) in [5, 5.41) is 11.0. The molecule has 0 aliphatic heterocycles. The van der Waals surface area contributed by atoms with Crippen LogP contribution in [0.5, 0.6) is 11.5 Å². The third-order valence-electron chi connectivity index (χ3n) is 7.32. The fourth-order valence-corrected chi connectivity index (χ4v) is 5.01. The topological polar surface area (TPSA) is 57.2 Å². The SMILES string of the molecule is COc1ccc(C(OC[C@@H](O)COCc2ccc(C#Cc3ccccc3)cc2)(c2ccccc2)c2ccc(OC)cc2)cc1. The molecular formula is C39H36O5. The van der Waals surface area contributed by atoms with E-state index in [4.69, 9.17) is 18.9 Å². The Balaban J connectivity index is 1.29. The zero-order valence-corrected chi connectivity index (χ0v) is 25.0. The van der Waals surface area contributed by atoms with Gasteiger partial charge in [-0.15, -0.1) is 0 Å². The summed E-state index contributed by atoms with van der Waals surface area (Å²) in [4.78, 5) is 0. The predicted octanol–water partition coefficient (Wildman–Crippen LogP) is 6.99. The van der Waals surface area contributed by atoms with Crippen LogP contribution in [-0.4, -0.2) is 38.6 Å². The summed E-state index contributed by atoms with van der Waals surface area (Å²) in [6.45, 7) is 0.525. The van der Waals surface area contributed by atoms with E-state index >= 15 is 0 Å². The van der Waals surface area contributed by atoms with Crippen molar-refractivity contribution in [2.45, 2.75) is 18.3 Å². The molecule has 0 saturated heterocycles. The smallest absolute Gasteiger partial charge is 0.143 e. The Hall–Kier alpha value is -4.86. The van der Waals surface area contributed by atoms with Crippen LogP contribution in [0.1, 0.15) is 33.4 Å². The maximum atomic E-state index is 11.0. The second kappa shape index (κ2) is 15.0. The van der Waals surface area contributed by atoms with Gasteiger partial charge >= 0.3 is 0 Å². The minimum Gasteiger partial charge on any atom is -0.497 e. The van der Waals surface area contributed by atoms with Crippen molar-refractivity contribution in [1.82, 2.24) is 0 Å². The summed E-state index contributed by atoms with van der Waals surface area (Å²) < 4.78 is 23.5. The van der Waals surface area contributed by atoms with Crippen LogP contribution in [0.25, 0.3) is 0 Å². The third-order valence-corrected chi connectivity index (χ3v) is 7.32. The summed E-state index contributed by atoms with van der Waals surface area (Å²) in [6, 6.07) is 43.5. The molecule has 222 valence electrons. The number of ether oxygens (including phenoxy) is 4. The Bertz CT molecular complexity index is 1590. The van der Waals surface area contributed by atoms with Gasteiger partial charge in [-0.05, 0) is 70.8 Å². The van der Waals surface area contributed by atoms with Crippen LogP contribution in [0.4, 0.5) is 0 Å². The van der Waals surface area contributed by atoms with Gasteiger partial charge in [0.25, 0.3) is 0 Å². The van der Waals surface area contributed by atoms with Gasteiger partial charge in [-0.2, -0.15) is 0 Å². The van der Waals surface area contributed by atoms with E-state index in [1.807, 2.05) is 133 Å². The number of hydrogen-bond donors (Lipinski definition) is 1.